The second kappa shape index (κ2) is 6.08. The maximum absolute atomic E-state index is 12.5. The molecule has 2 atom stereocenters. The van der Waals surface area contributed by atoms with Crippen LogP contribution in [0.3, 0.4) is 0 Å². The van der Waals surface area contributed by atoms with Crippen LogP contribution >= 0.6 is 0 Å². The van der Waals surface area contributed by atoms with E-state index in [9.17, 15) is 4.79 Å². The van der Waals surface area contributed by atoms with Crippen molar-refractivity contribution in [1.29, 1.82) is 0 Å². The molecule has 1 N–H and O–H groups in total. The zero-order valence-corrected chi connectivity index (χ0v) is 15.6. The Hall–Kier alpha value is -1.88. The summed E-state index contributed by atoms with van der Waals surface area (Å²) in [5.74, 6) is 1.55. The average Bonchev–Trinajstić information content (AvgIpc) is 3.11. The fourth-order valence-corrected chi connectivity index (χ4v) is 5.64. The number of para-hydroxylation sites is 1. The summed E-state index contributed by atoms with van der Waals surface area (Å²) < 4.78 is 1.85. The minimum absolute atomic E-state index is 0.124. The molecule has 2 fully saturated rings. The van der Waals surface area contributed by atoms with E-state index in [2.05, 4.69) is 28.3 Å². The molecule has 5 nitrogen and oxygen atoms in total. The summed E-state index contributed by atoms with van der Waals surface area (Å²) in [4.78, 5) is 19.4. The molecule has 1 saturated heterocycles. The van der Waals surface area contributed by atoms with Crippen molar-refractivity contribution in [3.8, 4) is 0 Å². The van der Waals surface area contributed by atoms with Gasteiger partial charge in [-0.05, 0) is 50.8 Å². The van der Waals surface area contributed by atoms with Gasteiger partial charge in [0.25, 0.3) is 0 Å². The molecule has 0 radical (unpaired) electrons. The standard InChI is InChI=1S/C21H28N4O/c1-24-13-15(9-12-21(24)10-5-2-6-11-21)18-14-25-19(22-18)16-7-3-4-8-17(16)23-20(25)26/h3-4,7-8,15,18,22H,2,5-6,9-14H2,1H3. The maximum atomic E-state index is 12.5. The fraction of sp³-hybridized carbons (Fsp3) is 0.619. The van der Waals surface area contributed by atoms with Gasteiger partial charge in [-0.3, -0.25) is 4.57 Å². The Bertz CT molecular complexity index is 883. The van der Waals surface area contributed by atoms with Gasteiger partial charge in [0.05, 0.1) is 5.52 Å². The van der Waals surface area contributed by atoms with E-state index in [1.54, 1.807) is 0 Å². The largest absolute Gasteiger partial charge is 0.366 e. The van der Waals surface area contributed by atoms with E-state index in [4.69, 9.17) is 0 Å². The van der Waals surface area contributed by atoms with E-state index in [0.717, 1.165) is 29.8 Å². The number of likely N-dealkylation sites (tertiary alicyclic amines) is 1. The zero-order chi connectivity index (χ0) is 17.7. The third kappa shape index (κ3) is 2.48. The Balaban J connectivity index is 1.39. The Labute approximate surface area is 154 Å². The molecule has 1 saturated carbocycles. The van der Waals surface area contributed by atoms with E-state index in [1.807, 2.05) is 22.8 Å². The quantitative estimate of drug-likeness (QED) is 0.856. The number of piperidine rings is 1. The Morgan fingerprint density at radius 1 is 1.12 bits per heavy atom. The van der Waals surface area contributed by atoms with Crippen molar-refractivity contribution in [2.75, 3.05) is 18.9 Å². The third-order valence-corrected chi connectivity index (χ3v) is 7.23. The summed E-state index contributed by atoms with van der Waals surface area (Å²) >= 11 is 0. The monoisotopic (exact) mass is 352 g/mol. The average molecular weight is 352 g/mol. The molecule has 0 bridgehead atoms. The molecule has 1 aromatic carbocycles. The second-order valence-corrected chi connectivity index (χ2v) is 8.59. The minimum Gasteiger partial charge on any atom is -0.366 e. The molecule has 1 spiro atoms. The zero-order valence-electron chi connectivity index (χ0n) is 15.6. The van der Waals surface area contributed by atoms with Crippen molar-refractivity contribution >= 4 is 16.7 Å². The van der Waals surface area contributed by atoms with Gasteiger partial charge in [0.2, 0.25) is 0 Å². The van der Waals surface area contributed by atoms with Crippen LogP contribution < -0.4 is 11.0 Å². The summed E-state index contributed by atoms with van der Waals surface area (Å²) in [6.45, 7) is 1.88. The van der Waals surface area contributed by atoms with Gasteiger partial charge in [-0.2, -0.15) is 4.98 Å². The van der Waals surface area contributed by atoms with E-state index >= 15 is 0 Å². The van der Waals surface area contributed by atoms with Crippen LogP contribution in [0.4, 0.5) is 5.82 Å². The molecule has 2 unspecified atom stereocenters. The summed E-state index contributed by atoms with van der Waals surface area (Å²) in [5, 5.41) is 4.75. The normalized spacial score (nSPS) is 28.2. The summed E-state index contributed by atoms with van der Waals surface area (Å²) in [6, 6.07) is 8.28. The van der Waals surface area contributed by atoms with Crippen LogP contribution in [0.25, 0.3) is 10.9 Å². The molecule has 3 heterocycles. The number of nitrogens with zero attached hydrogens (tertiary/aromatic N) is 3. The number of nitrogens with one attached hydrogen (secondary N) is 1. The summed E-state index contributed by atoms with van der Waals surface area (Å²) in [7, 11) is 2.32. The van der Waals surface area contributed by atoms with Crippen molar-refractivity contribution in [2.24, 2.45) is 5.92 Å². The molecule has 2 aromatic rings. The molecule has 1 aliphatic carbocycles. The highest BCUT2D eigenvalue weighted by molar-refractivity contribution is 5.89. The molecular formula is C21H28N4O. The number of benzene rings is 1. The number of hydrogen-bond donors (Lipinski definition) is 1. The van der Waals surface area contributed by atoms with E-state index < -0.39 is 0 Å². The van der Waals surface area contributed by atoms with Crippen LogP contribution in [0.1, 0.15) is 44.9 Å². The predicted molar refractivity (Wildman–Crippen MR) is 105 cm³/mol. The molecule has 26 heavy (non-hydrogen) atoms. The molecule has 0 amide bonds. The van der Waals surface area contributed by atoms with Crippen LogP contribution in [0.2, 0.25) is 0 Å². The molecule has 5 rings (SSSR count). The lowest BCUT2D eigenvalue weighted by Crippen LogP contribution is -2.55. The van der Waals surface area contributed by atoms with Gasteiger partial charge < -0.3 is 10.2 Å². The van der Waals surface area contributed by atoms with E-state index in [1.165, 1.54) is 44.9 Å². The lowest BCUT2D eigenvalue weighted by molar-refractivity contribution is 0.00838. The highest BCUT2D eigenvalue weighted by atomic mass is 16.1. The Kier molecular flexibility index (Phi) is 3.82. The second-order valence-electron chi connectivity index (χ2n) is 8.59. The lowest BCUT2D eigenvalue weighted by atomic mass is 9.72. The first-order valence-electron chi connectivity index (χ1n) is 10.1. The Morgan fingerprint density at radius 3 is 2.73 bits per heavy atom. The topological polar surface area (TPSA) is 50.2 Å². The van der Waals surface area contributed by atoms with Gasteiger partial charge in [0, 0.05) is 30.1 Å². The van der Waals surface area contributed by atoms with Crippen LogP contribution in [-0.4, -0.2) is 39.6 Å². The van der Waals surface area contributed by atoms with Crippen molar-refractivity contribution in [3.63, 3.8) is 0 Å². The van der Waals surface area contributed by atoms with Crippen molar-refractivity contribution < 1.29 is 0 Å². The maximum Gasteiger partial charge on any atom is 0.349 e. The number of fused-ring (bicyclic) bond motifs is 3. The van der Waals surface area contributed by atoms with Gasteiger partial charge in [-0.15, -0.1) is 0 Å². The van der Waals surface area contributed by atoms with Crippen LogP contribution in [-0.2, 0) is 6.54 Å². The molecule has 2 aliphatic heterocycles. The van der Waals surface area contributed by atoms with Crippen molar-refractivity contribution in [2.45, 2.75) is 63.1 Å². The molecular weight excluding hydrogens is 324 g/mol. The SMILES string of the molecule is CN1CC(C2Cn3c(c4ccccc4nc3=O)N2)CCC12CCCCC2. The van der Waals surface area contributed by atoms with E-state index in [0.29, 0.717) is 17.5 Å². The summed E-state index contributed by atoms with van der Waals surface area (Å²) in [6.07, 6.45) is 9.46. The van der Waals surface area contributed by atoms with Crippen LogP contribution in [0, 0.1) is 5.92 Å². The smallest absolute Gasteiger partial charge is 0.349 e. The molecule has 138 valence electrons. The summed E-state index contributed by atoms with van der Waals surface area (Å²) in [5.41, 5.74) is 1.12. The van der Waals surface area contributed by atoms with Crippen LogP contribution in [0.15, 0.2) is 29.1 Å². The number of anilines is 1. The Morgan fingerprint density at radius 2 is 1.92 bits per heavy atom. The third-order valence-electron chi connectivity index (χ3n) is 7.23. The van der Waals surface area contributed by atoms with Gasteiger partial charge in [0.15, 0.2) is 0 Å². The first-order valence-corrected chi connectivity index (χ1v) is 10.1. The highest BCUT2D eigenvalue weighted by Gasteiger charge is 2.43. The lowest BCUT2D eigenvalue weighted by Gasteiger charge is -2.51. The van der Waals surface area contributed by atoms with Crippen LogP contribution in [0.5, 0.6) is 0 Å². The number of aromatic nitrogens is 2. The molecule has 5 heteroatoms. The van der Waals surface area contributed by atoms with Gasteiger partial charge in [-0.25, -0.2) is 4.79 Å². The van der Waals surface area contributed by atoms with Gasteiger partial charge in [0.1, 0.15) is 5.82 Å². The van der Waals surface area contributed by atoms with Crippen molar-refractivity contribution in [3.05, 3.63) is 34.7 Å². The first kappa shape index (κ1) is 16.3. The number of hydrogen-bond acceptors (Lipinski definition) is 4. The van der Waals surface area contributed by atoms with Gasteiger partial charge in [-0.1, -0.05) is 31.4 Å². The van der Waals surface area contributed by atoms with Crippen molar-refractivity contribution in [1.82, 2.24) is 14.5 Å². The molecule has 1 aromatic heterocycles. The van der Waals surface area contributed by atoms with E-state index in [-0.39, 0.29) is 5.69 Å². The number of rotatable bonds is 1. The first-order chi connectivity index (χ1) is 12.7. The fourth-order valence-electron chi connectivity index (χ4n) is 5.64. The predicted octanol–water partition coefficient (Wildman–Crippen LogP) is 3.24. The minimum atomic E-state index is -0.124. The highest BCUT2D eigenvalue weighted by Crippen LogP contribution is 2.42. The van der Waals surface area contributed by atoms with Gasteiger partial charge >= 0.3 is 5.69 Å². The molecule has 3 aliphatic rings.